The zero-order valence-corrected chi connectivity index (χ0v) is 59.0. The molecule has 0 spiro atoms. The third-order valence-electron chi connectivity index (χ3n) is 10.3. The van der Waals surface area contributed by atoms with Crippen LogP contribution in [0.25, 0.3) is 0 Å². The fraction of sp³-hybridized carbons (Fsp3) is 0.300. The molecule has 94 heavy (non-hydrogen) atoms. The molecular formula is C60H72Cl2Cu3N6O22Zn+2. The molecule has 0 saturated carbocycles. The van der Waals surface area contributed by atoms with Gasteiger partial charge in [0.2, 0.25) is 0 Å². The molecule has 0 aliphatic heterocycles. The molecule has 28 nitrogen and oxygen atoms in total. The molecule has 6 N–H and O–H groups in total. The molecule has 6 aromatic rings. The molecule has 0 aliphatic rings. The van der Waals surface area contributed by atoms with Crippen LogP contribution in [-0.2, 0) is 81.6 Å². The van der Waals surface area contributed by atoms with Crippen molar-refractivity contribution >= 4 is 37.3 Å². The van der Waals surface area contributed by atoms with Crippen LogP contribution in [0.5, 0.6) is 69.0 Å². The fourth-order valence-electron chi connectivity index (χ4n) is 6.75. The molecule has 0 heterocycles. The Balaban J connectivity index is -0.000000380. The van der Waals surface area contributed by atoms with Crippen molar-refractivity contribution < 1.29 is 198 Å². The molecule has 34 heteroatoms. The summed E-state index contributed by atoms with van der Waals surface area (Å²) in [5, 5.41) is 72.6. The largest absolute Gasteiger partial charge is 2.00 e. The number of benzene rings is 6. The summed E-state index contributed by atoms with van der Waals surface area (Å²) < 4.78 is 99.6. The minimum atomic E-state index is -4.94. The average Bonchev–Trinajstić information content (AvgIpc) is 1.08. The number of halogens is 2. The van der Waals surface area contributed by atoms with Gasteiger partial charge in [-0.15, -0.1) is 20.5 Å². The zero-order chi connectivity index (χ0) is 65.3. The number of ether oxygens (including phenoxy) is 6. The molecule has 0 amide bonds. The van der Waals surface area contributed by atoms with Gasteiger partial charge < -0.3 is 70.0 Å². The minimum absolute atomic E-state index is 0. The summed E-state index contributed by atoms with van der Waals surface area (Å²) in [6, 6.07) is 30.6. The van der Waals surface area contributed by atoms with E-state index >= 15 is 0 Å². The number of hydrogen-bond acceptors (Lipinski definition) is 26. The molecule has 0 aliphatic carbocycles. The molecule has 0 atom stereocenters. The second-order valence-corrected chi connectivity index (χ2v) is 18.1. The second kappa shape index (κ2) is 54.5. The molecule has 0 saturated heterocycles. The van der Waals surface area contributed by atoms with Gasteiger partial charge in [-0.05, 0) is 111 Å². The smallest absolute Gasteiger partial charge is 0.870 e. The Morgan fingerprint density at radius 3 is 0.500 bits per heavy atom. The number of nitrogens with zero attached hydrogens (tertiary/aromatic N) is 6. The Labute approximate surface area is 593 Å². The molecule has 3 radical (unpaired) electrons. The maximum absolute atomic E-state index is 12.1. The maximum atomic E-state index is 12.1. The monoisotopic (exact) mass is 1550 g/mol. The summed E-state index contributed by atoms with van der Waals surface area (Å²) in [4.78, 5) is 25.2. The first-order valence-electron chi connectivity index (χ1n) is 26.8. The van der Waals surface area contributed by atoms with Crippen LogP contribution in [0, 0.1) is 20.5 Å². The first-order chi connectivity index (χ1) is 42.0. The molecule has 6 aromatic carbocycles. The first kappa shape index (κ1) is 96.0. The standard InChI is InChI=1S/3C20H24N2O4.2ClHO4.3Cu.2H2O.Zn/c3*1-3-25-17-9-5-7-15(19(17)23)13-21-11-12-22-14-16-8-6-10-18(20(16)24)26-4-2;2*2-1(3,4)5;;;;;;/h3*5-10,13-14,23-24H,3-4,11-12H2,1-2H3;2*(H,2,3,4,5);;;;2*1H2;/q;;;;;3*+2;;;+2/p-6. The van der Waals surface area contributed by atoms with E-state index in [0.29, 0.717) is 147 Å². The third-order valence-corrected chi connectivity index (χ3v) is 10.3. The summed E-state index contributed by atoms with van der Waals surface area (Å²) in [5.74, 6) is 0.900. The van der Waals surface area contributed by atoms with E-state index in [0.717, 1.165) is 0 Å². The van der Waals surface area contributed by atoms with E-state index in [-0.39, 0.29) is 116 Å². The molecular weight excluding hydrogens is 1480 g/mol. The summed E-state index contributed by atoms with van der Waals surface area (Å²) in [5.41, 5.74) is 2.87. The SMILES string of the molecule is CCOc1cccc(C=NCCN=Cc2cccc(OCC)c2[O-])c1[O-].CCOc1cccc(C=NCCN=Cc2cccc(OCC)c2[O-])c1[O-].CCOc1cccc(C=NCCN=Cc2cccc(OCC)c2[O-])c1[O-].[Cu+2].[Cu+2].[Cu+2].[O-][Cl+3]([O-])([O-])[O-].[O-][Cl+3]([O-])([O-])[O-].[OH3+].[OH3+].[Zn+2]. The number of aliphatic imine (C=N–C) groups is 6. The quantitative estimate of drug-likeness (QED) is 0.0202. The summed E-state index contributed by atoms with van der Waals surface area (Å²) >= 11 is 0. The van der Waals surface area contributed by atoms with Crippen molar-refractivity contribution in [1.29, 1.82) is 0 Å². The van der Waals surface area contributed by atoms with E-state index in [1.54, 1.807) is 109 Å². The predicted octanol–water partition coefficient (Wildman–Crippen LogP) is -4.86. The van der Waals surface area contributed by atoms with Crippen LogP contribution in [-0.4, -0.2) is 116 Å². The van der Waals surface area contributed by atoms with Crippen LogP contribution in [0.1, 0.15) is 74.9 Å². The van der Waals surface area contributed by atoms with Crippen molar-refractivity contribution in [3.63, 3.8) is 0 Å². The van der Waals surface area contributed by atoms with E-state index in [2.05, 4.69) is 30.0 Å². The molecule has 6 rings (SSSR count). The van der Waals surface area contributed by atoms with Crippen molar-refractivity contribution in [2.75, 3.05) is 78.9 Å². The van der Waals surface area contributed by atoms with Crippen LogP contribution in [0.2, 0.25) is 0 Å². The van der Waals surface area contributed by atoms with Crippen molar-refractivity contribution in [1.82, 2.24) is 0 Å². The first-order valence-corrected chi connectivity index (χ1v) is 29.3. The Kier molecular flexibility index (Phi) is 55.7. The zero-order valence-electron chi connectivity index (χ0n) is 51.7. The van der Waals surface area contributed by atoms with Crippen molar-refractivity contribution in [2.45, 2.75) is 41.5 Å². The summed E-state index contributed by atoms with van der Waals surface area (Å²) in [6.45, 7) is 16.1. The normalized spacial score (nSPS) is 10.7. The van der Waals surface area contributed by atoms with Gasteiger partial charge in [0.1, 0.15) is 34.5 Å². The van der Waals surface area contributed by atoms with Crippen LogP contribution < -0.4 is 96.3 Å². The Bertz CT molecular complexity index is 2670. The second-order valence-electron chi connectivity index (χ2n) is 16.6. The van der Waals surface area contributed by atoms with Gasteiger partial charge in [0.25, 0.3) is 0 Å². The molecule has 0 fully saturated rings. The molecule has 521 valence electrons. The van der Waals surface area contributed by atoms with E-state index in [4.69, 9.17) is 65.7 Å². The Morgan fingerprint density at radius 1 is 0.277 bits per heavy atom. The number of rotatable bonds is 27. The van der Waals surface area contributed by atoms with Crippen molar-refractivity contribution in [3.8, 4) is 69.0 Å². The molecule has 0 unspecified atom stereocenters. The van der Waals surface area contributed by atoms with Crippen molar-refractivity contribution in [2.24, 2.45) is 30.0 Å². The molecule has 0 bridgehead atoms. The topological polar surface area (TPSA) is 518 Å². The van der Waals surface area contributed by atoms with Gasteiger partial charge in [-0.25, -0.2) is 37.3 Å². The maximum Gasteiger partial charge on any atom is 2.00 e. The number of para-hydroxylation sites is 6. The number of hydrogen-bond donors (Lipinski definition) is 0. The van der Waals surface area contributed by atoms with Crippen LogP contribution >= 0.6 is 0 Å². The Morgan fingerprint density at radius 2 is 0.394 bits per heavy atom. The molecule has 0 aromatic heterocycles. The average molecular weight is 1560 g/mol. The van der Waals surface area contributed by atoms with E-state index in [9.17, 15) is 30.6 Å². The van der Waals surface area contributed by atoms with Crippen molar-refractivity contribution in [3.05, 3.63) is 143 Å². The summed E-state index contributed by atoms with van der Waals surface area (Å²) in [6.07, 6.45) is 9.14. The fourth-order valence-corrected chi connectivity index (χ4v) is 6.75. The third kappa shape index (κ3) is 40.5. The van der Waals surface area contributed by atoms with Gasteiger partial charge in [-0.1, -0.05) is 107 Å². The van der Waals surface area contributed by atoms with Gasteiger partial charge in [0, 0.05) is 37.3 Å². The van der Waals surface area contributed by atoms with Gasteiger partial charge in [0.05, 0.1) is 78.9 Å². The van der Waals surface area contributed by atoms with E-state index in [1.807, 2.05) is 41.5 Å². The van der Waals surface area contributed by atoms with Crippen LogP contribution in [0.15, 0.2) is 139 Å². The Hall–Kier alpha value is -6.70. The van der Waals surface area contributed by atoms with Gasteiger partial charge in [-0.2, -0.15) is 0 Å². The van der Waals surface area contributed by atoms with Gasteiger partial charge in [0.15, 0.2) is 0 Å². The van der Waals surface area contributed by atoms with E-state index < -0.39 is 20.5 Å². The minimum Gasteiger partial charge on any atom is -0.870 e. The predicted molar refractivity (Wildman–Crippen MR) is 307 cm³/mol. The van der Waals surface area contributed by atoms with Gasteiger partial charge in [-0.3, -0.25) is 30.0 Å². The van der Waals surface area contributed by atoms with Gasteiger partial charge >= 0.3 is 70.7 Å². The van der Waals surface area contributed by atoms with Crippen LogP contribution in [0.4, 0.5) is 0 Å². The summed E-state index contributed by atoms with van der Waals surface area (Å²) in [7, 11) is -9.89. The van der Waals surface area contributed by atoms with E-state index in [1.165, 1.54) is 37.3 Å². The van der Waals surface area contributed by atoms with Crippen LogP contribution in [0.3, 0.4) is 0 Å².